The normalized spacial score (nSPS) is 16.4. The molecule has 4 rings (SSSR count). The number of carbonyl (C=O) groups is 2. The number of hydrogen-bond donors (Lipinski definition) is 1. The molecule has 0 saturated carbocycles. The van der Waals surface area contributed by atoms with Gasteiger partial charge in [-0.25, -0.2) is 23.4 Å². The van der Waals surface area contributed by atoms with Gasteiger partial charge in [-0.05, 0) is 18.6 Å². The van der Waals surface area contributed by atoms with Crippen LogP contribution in [-0.2, 0) is 17.9 Å². The molecule has 1 aromatic carbocycles. The smallest absolute Gasteiger partial charge is 0.291 e. The van der Waals surface area contributed by atoms with E-state index in [4.69, 9.17) is 0 Å². The Morgan fingerprint density at radius 1 is 1.28 bits per heavy atom. The lowest BCUT2D eigenvalue weighted by Crippen LogP contribution is -2.47. The van der Waals surface area contributed by atoms with E-state index in [1.807, 2.05) is 4.57 Å². The number of anilines is 1. The minimum Gasteiger partial charge on any atom is -0.337 e. The molecule has 0 bridgehead atoms. The summed E-state index contributed by atoms with van der Waals surface area (Å²) in [6.07, 6.45) is 4.94. The number of amides is 2. The first kappa shape index (κ1) is 18.7. The average molecular weight is 401 g/mol. The second-order valence-corrected chi connectivity index (χ2v) is 6.60. The van der Waals surface area contributed by atoms with Gasteiger partial charge in [-0.1, -0.05) is 6.07 Å². The van der Waals surface area contributed by atoms with Gasteiger partial charge >= 0.3 is 0 Å². The van der Waals surface area contributed by atoms with Crippen molar-refractivity contribution >= 4 is 17.8 Å². The summed E-state index contributed by atoms with van der Waals surface area (Å²) in [6, 6.07) is 2.77. The van der Waals surface area contributed by atoms with Gasteiger partial charge < -0.3 is 9.88 Å². The highest BCUT2D eigenvalue weighted by Crippen LogP contribution is 2.18. The third kappa shape index (κ3) is 3.58. The van der Waals surface area contributed by atoms with Gasteiger partial charge in [0.05, 0.1) is 6.54 Å². The Morgan fingerprint density at radius 3 is 2.79 bits per heavy atom. The quantitative estimate of drug-likeness (QED) is 0.703. The molecule has 150 valence electrons. The number of nitrogens with one attached hydrogen (secondary N) is 1. The topological polar surface area (TPSA) is 97.9 Å². The Balaban J connectivity index is 1.46. The summed E-state index contributed by atoms with van der Waals surface area (Å²) < 4.78 is 30.5. The number of aromatic nitrogens is 5. The van der Waals surface area contributed by atoms with Gasteiger partial charge in [0, 0.05) is 31.5 Å². The zero-order valence-electron chi connectivity index (χ0n) is 15.4. The van der Waals surface area contributed by atoms with Crippen molar-refractivity contribution in [2.45, 2.75) is 25.6 Å². The number of likely N-dealkylation sites (N-methyl/N-ethyl adjacent to an activating group) is 1. The molecular formula is C18H17F2N7O2. The van der Waals surface area contributed by atoms with E-state index < -0.39 is 23.6 Å². The van der Waals surface area contributed by atoms with Crippen molar-refractivity contribution < 1.29 is 18.4 Å². The van der Waals surface area contributed by atoms with Gasteiger partial charge in [0.15, 0.2) is 0 Å². The van der Waals surface area contributed by atoms with Gasteiger partial charge in [0.1, 0.15) is 24.0 Å². The summed E-state index contributed by atoms with van der Waals surface area (Å²) in [7, 11) is 1.58. The van der Waals surface area contributed by atoms with E-state index in [9.17, 15) is 18.4 Å². The highest BCUT2D eigenvalue weighted by Gasteiger charge is 2.31. The van der Waals surface area contributed by atoms with Crippen LogP contribution in [0.3, 0.4) is 0 Å². The van der Waals surface area contributed by atoms with Crippen molar-refractivity contribution in [2.75, 3.05) is 11.9 Å². The summed E-state index contributed by atoms with van der Waals surface area (Å²) in [6.45, 7) is 0.287. The van der Waals surface area contributed by atoms with E-state index in [2.05, 4.69) is 20.4 Å². The molecule has 1 N–H and O–H groups in total. The third-order valence-electron chi connectivity index (χ3n) is 4.71. The number of rotatable bonds is 4. The number of hydrogen-bond acceptors (Lipinski definition) is 5. The largest absolute Gasteiger partial charge is 0.337 e. The second-order valence-electron chi connectivity index (χ2n) is 6.60. The van der Waals surface area contributed by atoms with Crippen LogP contribution in [0.25, 0.3) is 0 Å². The molecule has 1 atom stereocenters. The number of aryl methyl sites for hydroxylation is 1. The van der Waals surface area contributed by atoms with Gasteiger partial charge in [-0.15, -0.1) is 5.10 Å². The lowest BCUT2D eigenvalue weighted by atomic mass is 10.2. The molecule has 29 heavy (non-hydrogen) atoms. The summed E-state index contributed by atoms with van der Waals surface area (Å²) in [5.41, 5.74) is -0.181. The molecule has 1 aliphatic heterocycles. The van der Waals surface area contributed by atoms with Gasteiger partial charge in [0.25, 0.3) is 11.8 Å². The van der Waals surface area contributed by atoms with E-state index in [1.165, 1.54) is 17.3 Å². The molecule has 9 nitrogen and oxygen atoms in total. The highest BCUT2D eigenvalue weighted by atomic mass is 19.1. The maximum absolute atomic E-state index is 13.8. The number of carbonyl (C=O) groups excluding carboxylic acids is 2. The Morgan fingerprint density at radius 2 is 2.03 bits per heavy atom. The molecule has 0 spiro atoms. The molecule has 0 radical (unpaired) electrons. The van der Waals surface area contributed by atoms with Crippen LogP contribution in [0.1, 0.15) is 22.6 Å². The summed E-state index contributed by atoms with van der Waals surface area (Å²) in [5.74, 6) is -2.08. The average Bonchev–Trinajstić information content (AvgIpc) is 3.34. The number of halogens is 2. The van der Waals surface area contributed by atoms with Crippen molar-refractivity contribution in [1.29, 1.82) is 0 Å². The maximum atomic E-state index is 13.8. The van der Waals surface area contributed by atoms with Crippen LogP contribution in [0, 0.1) is 11.6 Å². The van der Waals surface area contributed by atoms with Crippen molar-refractivity contribution in [2.24, 2.45) is 0 Å². The molecule has 0 saturated heterocycles. The van der Waals surface area contributed by atoms with Crippen molar-refractivity contribution in [3.63, 3.8) is 0 Å². The number of nitrogens with zero attached hydrogens (tertiary/aromatic N) is 6. The standard InChI is InChI=1S/C18H17F2N7O2/c1-25-17(29)14(5-7-26-8-6-21-18(25)26)23-16(28)15-22-10-27(24-15)9-11-12(19)3-2-4-13(11)20/h2-4,6,8,10,14H,5,7,9H2,1H3,(H,23,28)/t14-/m1/s1. The Kier molecular flexibility index (Phi) is 4.79. The molecule has 0 unspecified atom stereocenters. The summed E-state index contributed by atoms with van der Waals surface area (Å²) >= 11 is 0. The van der Waals surface area contributed by atoms with Gasteiger partial charge in [-0.3, -0.25) is 14.5 Å². The minimum absolute atomic E-state index is 0.181. The fraction of sp³-hybridized carbons (Fsp3) is 0.278. The van der Waals surface area contributed by atoms with Crippen LogP contribution in [0.4, 0.5) is 14.7 Å². The van der Waals surface area contributed by atoms with Crippen LogP contribution >= 0.6 is 0 Å². The minimum atomic E-state index is -0.773. The predicted molar refractivity (Wildman–Crippen MR) is 97.0 cm³/mol. The highest BCUT2D eigenvalue weighted by molar-refractivity contribution is 6.00. The van der Waals surface area contributed by atoms with Crippen LogP contribution in [0.2, 0.25) is 0 Å². The molecule has 3 aromatic rings. The first-order valence-electron chi connectivity index (χ1n) is 8.86. The van der Waals surface area contributed by atoms with Crippen LogP contribution in [0.5, 0.6) is 0 Å². The molecule has 11 heteroatoms. The molecule has 2 amide bonds. The second kappa shape index (κ2) is 7.41. The maximum Gasteiger partial charge on any atom is 0.291 e. The zero-order valence-corrected chi connectivity index (χ0v) is 15.4. The number of benzene rings is 1. The molecule has 0 fully saturated rings. The first-order valence-corrected chi connectivity index (χ1v) is 8.86. The Bertz CT molecular complexity index is 1060. The fourth-order valence-corrected chi connectivity index (χ4v) is 3.18. The SMILES string of the molecule is CN1C(=O)[C@H](NC(=O)c2ncn(Cc3c(F)cccc3F)n2)CCn2ccnc21. The van der Waals surface area contributed by atoms with Crippen LogP contribution < -0.4 is 10.2 Å². The van der Waals surface area contributed by atoms with Crippen molar-refractivity contribution in [3.05, 3.63) is 59.9 Å². The molecule has 0 aliphatic carbocycles. The van der Waals surface area contributed by atoms with Crippen molar-refractivity contribution in [3.8, 4) is 0 Å². The van der Waals surface area contributed by atoms with E-state index in [-0.39, 0.29) is 23.8 Å². The molecular weight excluding hydrogens is 384 g/mol. The van der Waals surface area contributed by atoms with Crippen molar-refractivity contribution in [1.82, 2.24) is 29.6 Å². The van der Waals surface area contributed by atoms with E-state index in [1.54, 1.807) is 19.4 Å². The molecule has 1 aliphatic rings. The number of imidazole rings is 1. The first-order chi connectivity index (χ1) is 13.9. The lowest BCUT2D eigenvalue weighted by Gasteiger charge is -2.19. The van der Waals surface area contributed by atoms with E-state index in [0.29, 0.717) is 18.9 Å². The summed E-state index contributed by atoms with van der Waals surface area (Å²) in [4.78, 5) is 34.5. The predicted octanol–water partition coefficient (Wildman–Crippen LogP) is 0.966. The van der Waals surface area contributed by atoms with Gasteiger partial charge in [0.2, 0.25) is 11.8 Å². The van der Waals surface area contributed by atoms with E-state index >= 15 is 0 Å². The fourth-order valence-electron chi connectivity index (χ4n) is 3.18. The molecule has 3 heterocycles. The monoisotopic (exact) mass is 401 g/mol. The Labute approximate surface area is 164 Å². The lowest BCUT2D eigenvalue weighted by molar-refractivity contribution is -0.120. The zero-order chi connectivity index (χ0) is 20.5. The number of fused-ring (bicyclic) bond motifs is 1. The molecule has 2 aromatic heterocycles. The van der Waals surface area contributed by atoms with Gasteiger partial charge in [-0.2, -0.15) is 0 Å². The Hall–Kier alpha value is -3.63. The third-order valence-corrected chi connectivity index (χ3v) is 4.71. The summed E-state index contributed by atoms with van der Waals surface area (Å²) in [5, 5.41) is 6.59. The van der Waals surface area contributed by atoms with Crippen LogP contribution in [0.15, 0.2) is 36.9 Å². The van der Waals surface area contributed by atoms with E-state index in [0.717, 1.165) is 16.8 Å². The van der Waals surface area contributed by atoms with Crippen LogP contribution in [-0.4, -0.2) is 49.2 Å².